The van der Waals surface area contributed by atoms with E-state index < -0.39 is 18.2 Å². The molecule has 0 N–H and O–H groups in total. The van der Waals surface area contributed by atoms with Crippen LogP contribution in [-0.2, 0) is 16.0 Å². The molecule has 0 radical (unpaired) electrons. The van der Waals surface area contributed by atoms with E-state index in [9.17, 15) is 9.59 Å². The molecule has 0 aromatic heterocycles. The third-order valence-electron chi connectivity index (χ3n) is 5.60. The number of imide groups is 1. The number of allylic oxidation sites excluding steroid dienone is 1. The number of rotatable bonds is 6. The molecule has 0 bridgehead atoms. The van der Waals surface area contributed by atoms with Crippen molar-refractivity contribution in [3.05, 3.63) is 119 Å². The summed E-state index contributed by atoms with van der Waals surface area (Å²) in [5.41, 5.74) is 4.22. The Balaban J connectivity index is 1.54. The first-order valence-corrected chi connectivity index (χ1v) is 10.5. The zero-order chi connectivity index (χ0) is 21.6. The Morgan fingerprint density at radius 2 is 1.52 bits per heavy atom. The Morgan fingerprint density at radius 1 is 0.903 bits per heavy atom. The van der Waals surface area contributed by atoms with Crippen LogP contribution in [0.4, 0.5) is 4.79 Å². The molecule has 4 heteroatoms. The fraction of sp³-hybridized carbons (Fsp3) is 0.185. The van der Waals surface area contributed by atoms with Crippen LogP contribution in [0.2, 0.25) is 0 Å². The second-order valence-electron chi connectivity index (χ2n) is 7.65. The van der Waals surface area contributed by atoms with Crippen molar-refractivity contribution in [2.24, 2.45) is 0 Å². The molecule has 31 heavy (non-hydrogen) atoms. The third-order valence-corrected chi connectivity index (χ3v) is 5.60. The molecule has 0 spiro atoms. The number of amides is 2. The number of carbonyl (C=O) groups excluding carboxylic acids is 2. The van der Waals surface area contributed by atoms with E-state index in [0.717, 1.165) is 24.0 Å². The highest BCUT2D eigenvalue weighted by molar-refractivity contribution is 6.00. The summed E-state index contributed by atoms with van der Waals surface area (Å²) in [5.74, 6) is -0.359. The summed E-state index contributed by atoms with van der Waals surface area (Å²) in [4.78, 5) is 27.0. The van der Waals surface area contributed by atoms with Gasteiger partial charge in [0.2, 0.25) is 0 Å². The molecule has 0 saturated carbocycles. The largest absolute Gasteiger partial charge is 0.438 e. The molecule has 4 nitrogen and oxygen atoms in total. The molecule has 2 atom stereocenters. The summed E-state index contributed by atoms with van der Waals surface area (Å²) in [6.45, 7) is 2.08. The predicted octanol–water partition coefficient (Wildman–Crippen LogP) is 5.95. The van der Waals surface area contributed by atoms with Crippen LogP contribution in [-0.4, -0.2) is 16.9 Å². The molecule has 3 aromatic rings. The Labute approximate surface area is 182 Å². The number of benzene rings is 3. The molecular formula is C27H25NO3. The van der Waals surface area contributed by atoms with E-state index in [1.165, 1.54) is 22.1 Å². The van der Waals surface area contributed by atoms with Gasteiger partial charge in [-0.25, -0.2) is 9.69 Å². The van der Waals surface area contributed by atoms with Crippen LogP contribution in [0.25, 0.3) is 0 Å². The van der Waals surface area contributed by atoms with Gasteiger partial charge in [-0.3, -0.25) is 4.79 Å². The van der Waals surface area contributed by atoms with Crippen molar-refractivity contribution >= 4 is 12.0 Å². The highest BCUT2D eigenvalue weighted by Crippen LogP contribution is 2.43. The minimum Gasteiger partial charge on any atom is -0.438 e. The maximum Gasteiger partial charge on any atom is 0.418 e. The molecular weight excluding hydrogens is 386 g/mol. The van der Waals surface area contributed by atoms with E-state index in [1.807, 2.05) is 78.9 Å². The van der Waals surface area contributed by atoms with Gasteiger partial charge in [0.05, 0.1) is 0 Å². The van der Waals surface area contributed by atoms with Crippen molar-refractivity contribution in [3.8, 4) is 0 Å². The van der Waals surface area contributed by atoms with Crippen molar-refractivity contribution in [1.29, 1.82) is 0 Å². The number of ether oxygens (including phenoxy) is 1. The van der Waals surface area contributed by atoms with Gasteiger partial charge in [-0.05, 0) is 48.1 Å². The normalized spacial score (nSPS) is 18.4. The van der Waals surface area contributed by atoms with Gasteiger partial charge in [-0.15, -0.1) is 0 Å². The van der Waals surface area contributed by atoms with Crippen LogP contribution < -0.4 is 0 Å². The summed E-state index contributed by atoms with van der Waals surface area (Å²) in [6.07, 6.45) is 3.73. The number of cyclic esters (lactones) is 1. The summed E-state index contributed by atoms with van der Waals surface area (Å²) >= 11 is 0. The average molecular weight is 412 g/mol. The Morgan fingerprint density at radius 3 is 2.19 bits per heavy atom. The first-order chi connectivity index (χ1) is 15.1. The first kappa shape index (κ1) is 20.6. The van der Waals surface area contributed by atoms with E-state index in [-0.39, 0.29) is 5.91 Å². The van der Waals surface area contributed by atoms with Gasteiger partial charge in [-0.2, -0.15) is 0 Å². The zero-order valence-electron chi connectivity index (χ0n) is 17.5. The van der Waals surface area contributed by atoms with Gasteiger partial charge in [0.15, 0.2) is 6.10 Å². The molecule has 4 rings (SSSR count). The maximum atomic E-state index is 13.0. The van der Waals surface area contributed by atoms with Crippen molar-refractivity contribution in [2.75, 3.05) is 0 Å². The van der Waals surface area contributed by atoms with Gasteiger partial charge in [-0.1, -0.05) is 91.0 Å². The topological polar surface area (TPSA) is 46.6 Å². The van der Waals surface area contributed by atoms with Crippen molar-refractivity contribution in [3.63, 3.8) is 0 Å². The number of hydrogen-bond acceptors (Lipinski definition) is 3. The van der Waals surface area contributed by atoms with Crippen LogP contribution in [0.15, 0.2) is 97.1 Å². The second-order valence-corrected chi connectivity index (χ2v) is 7.65. The molecule has 3 aromatic carbocycles. The van der Waals surface area contributed by atoms with E-state index in [4.69, 9.17) is 4.74 Å². The summed E-state index contributed by atoms with van der Waals surface area (Å²) < 4.78 is 5.67. The molecule has 2 amide bonds. The Hall–Kier alpha value is -3.66. The van der Waals surface area contributed by atoms with Crippen LogP contribution in [0.3, 0.4) is 0 Å². The lowest BCUT2D eigenvalue weighted by atomic mass is 9.95. The third kappa shape index (κ3) is 4.58. The molecule has 1 aliphatic rings. The highest BCUT2D eigenvalue weighted by atomic mass is 16.6. The minimum atomic E-state index is -0.615. The van der Waals surface area contributed by atoms with Gasteiger partial charge in [0.25, 0.3) is 5.91 Å². The molecule has 1 saturated heterocycles. The van der Waals surface area contributed by atoms with Crippen molar-refractivity contribution in [1.82, 2.24) is 4.90 Å². The Bertz CT molecular complexity index is 1080. The molecule has 0 aliphatic carbocycles. The second kappa shape index (κ2) is 9.43. The monoisotopic (exact) mass is 411 g/mol. The predicted molar refractivity (Wildman–Crippen MR) is 120 cm³/mol. The smallest absolute Gasteiger partial charge is 0.418 e. The van der Waals surface area contributed by atoms with E-state index >= 15 is 0 Å². The molecule has 1 aliphatic heterocycles. The van der Waals surface area contributed by atoms with Gasteiger partial charge in [0.1, 0.15) is 6.04 Å². The molecule has 1 heterocycles. The fourth-order valence-electron chi connectivity index (χ4n) is 3.97. The average Bonchev–Trinajstić information content (AvgIpc) is 3.16. The minimum absolute atomic E-state index is 0.359. The Kier molecular flexibility index (Phi) is 6.27. The lowest BCUT2D eigenvalue weighted by Gasteiger charge is -2.23. The van der Waals surface area contributed by atoms with Crippen LogP contribution >= 0.6 is 0 Å². The van der Waals surface area contributed by atoms with E-state index in [0.29, 0.717) is 0 Å². The van der Waals surface area contributed by atoms with Crippen LogP contribution in [0.1, 0.15) is 40.8 Å². The van der Waals surface area contributed by atoms with Crippen LogP contribution in [0.5, 0.6) is 0 Å². The zero-order valence-corrected chi connectivity index (χ0v) is 17.5. The lowest BCUT2D eigenvalue weighted by molar-refractivity contribution is -0.124. The molecule has 0 unspecified atom stereocenters. The SMILES string of the molecule is Cc1ccccc1CC/C=C/C(=O)N1C(=O)O[C@@H](c2ccccc2)[C@H]1c1ccccc1. The molecule has 156 valence electrons. The van der Waals surface area contributed by atoms with Crippen molar-refractivity contribution < 1.29 is 14.3 Å². The summed E-state index contributed by atoms with van der Waals surface area (Å²) in [6, 6.07) is 26.8. The lowest BCUT2D eigenvalue weighted by Crippen LogP contribution is -2.33. The van der Waals surface area contributed by atoms with Gasteiger partial charge < -0.3 is 4.74 Å². The number of carbonyl (C=O) groups is 2. The maximum absolute atomic E-state index is 13.0. The first-order valence-electron chi connectivity index (χ1n) is 10.5. The van der Waals surface area contributed by atoms with Crippen LogP contribution in [0, 0.1) is 6.92 Å². The summed E-state index contributed by atoms with van der Waals surface area (Å²) in [5, 5.41) is 0. The number of nitrogens with zero attached hydrogens (tertiary/aromatic N) is 1. The fourth-order valence-corrected chi connectivity index (χ4v) is 3.97. The summed E-state index contributed by atoms with van der Waals surface area (Å²) in [7, 11) is 0. The molecule has 1 fully saturated rings. The quantitative estimate of drug-likeness (QED) is 0.471. The standard InChI is InChI=1S/C27H25NO3/c1-20-12-8-9-13-21(20)14-10-11-19-24(29)28-25(22-15-4-2-5-16-22)26(31-27(28)30)23-17-6-3-7-18-23/h2-9,11-13,15-19,25-26H,10,14H2,1H3/b19-11+/t25-,26+/m1/s1. The van der Waals surface area contributed by atoms with Crippen molar-refractivity contribution in [2.45, 2.75) is 31.9 Å². The van der Waals surface area contributed by atoms with Gasteiger partial charge in [0, 0.05) is 0 Å². The van der Waals surface area contributed by atoms with E-state index in [2.05, 4.69) is 19.1 Å². The number of aryl methyl sites for hydroxylation is 2. The van der Waals surface area contributed by atoms with Gasteiger partial charge >= 0.3 is 6.09 Å². The highest BCUT2D eigenvalue weighted by Gasteiger charge is 2.46. The number of hydrogen-bond donors (Lipinski definition) is 0. The van der Waals surface area contributed by atoms with E-state index in [1.54, 1.807) is 0 Å².